The fourth-order valence-corrected chi connectivity index (χ4v) is 3.79. The highest BCUT2D eigenvalue weighted by molar-refractivity contribution is 7.99. The number of para-hydroxylation sites is 1. The van der Waals surface area contributed by atoms with E-state index in [0.717, 1.165) is 31.7 Å². The van der Waals surface area contributed by atoms with E-state index in [0.29, 0.717) is 17.0 Å². The summed E-state index contributed by atoms with van der Waals surface area (Å²) in [4.78, 5) is 26.8. The average Bonchev–Trinajstić information content (AvgIpc) is 3.18. The number of hydrogen-bond donors (Lipinski definition) is 1. The van der Waals surface area contributed by atoms with Crippen LogP contribution in [0.1, 0.15) is 34.3 Å². The molecule has 136 valence electrons. The van der Waals surface area contributed by atoms with Crippen LogP contribution in [0.15, 0.2) is 48.5 Å². The van der Waals surface area contributed by atoms with Crippen molar-refractivity contribution >= 4 is 29.3 Å². The standard InChI is InChI=1S/C21H24N2O2S/c1-16-8-10-17(11-9-16)14-26-15-20(24)22-19-7-3-2-6-18(19)21(25)23-12-4-5-13-23/h2-3,6-11H,4-5,12-15H2,1H3,(H,22,24). The molecular formula is C21H24N2O2S. The van der Waals surface area contributed by atoms with Gasteiger partial charge in [-0.1, -0.05) is 42.0 Å². The van der Waals surface area contributed by atoms with Crippen LogP contribution in [0.4, 0.5) is 5.69 Å². The Morgan fingerprint density at radius 3 is 2.46 bits per heavy atom. The molecule has 26 heavy (non-hydrogen) atoms. The molecule has 0 aliphatic carbocycles. The van der Waals surface area contributed by atoms with E-state index in [9.17, 15) is 9.59 Å². The maximum Gasteiger partial charge on any atom is 0.255 e. The van der Waals surface area contributed by atoms with Crippen LogP contribution in [0, 0.1) is 6.92 Å². The topological polar surface area (TPSA) is 49.4 Å². The first-order chi connectivity index (χ1) is 12.6. The van der Waals surface area contributed by atoms with Crippen molar-refractivity contribution in [1.82, 2.24) is 4.90 Å². The van der Waals surface area contributed by atoms with E-state index < -0.39 is 0 Å². The molecule has 0 unspecified atom stereocenters. The van der Waals surface area contributed by atoms with Gasteiger partial charge >= 0.3 is 0 Å². The molecule has 2 aromatic carbocycles. The molecule has 4 nitrogen and oxygen atoms in total. The number of carbonyl (C=O) groups excluding carboxylic acids is 2. The van der Waals surface area contributed by atoms with Gasteiger partial charge in [-0.05, 0) is 37.5 Å². The SMILES string of the molecule is Cc1ccc(CSCC(=O)Nc2ccccc2C(=O)N2CCCC2)cc1. The first kappa shape index (κ1) is 18.5. The van der Waals surface area contributed by atoms with Gasteiger partial charge in [-0.15, -0.1) is 11.8 Å². The summed E-state index contributed by atoms with van der Waals surface area (Å²) in [5.41, 5.74) is 3.62. The Morgan fingerprint density at radius 2 is 1.73 bits per heavy atom. The predicted molar refractivity (Wildman–Crippen MR) is 108 cm³/mol. The molecule has 1 fully saturated rings. The van der Waals surface area contributed by atoms with Gasteiger partial charge in [0.05, 0.1) is 17.0 Å². The van der Waals surface area contributed by atoms with Gasteiger partial charge in [-0.2, -0.15) is 0 Å². The van der Waals surface area contributed by atoms with E-state index in [2.05, 4.69) is 36.5 Å². The minimum absolute atomic E-state index is 0.00529. The number of thioether (sulfide) groups is 1. The maximum absolute atomic E-state index is 12.6. The molecule has 2 amide bonds. The van der Waals surface area contributed by atoms with Crippen molar-refractivity contribution in [1.29, 1.82) is 0 Å². The molecule has 5 heteroatoms. The minimum atomic E-state index is -0.0798. The molecule has 0 atom stereocenters. The summed E-state index contributed by atoms with van der Waals surface area (Å²) in [6.45, 7) is 3.66. The summed E-state index contributed by atoms with van der Waals surface area (Å²) in [7, 11) is 0. The Labute approximate surface area is 159 Å². The molecule has 1 N–H and O–H groups in total. The van der Waals surface area contributed by atoms with Crippen molar-refractivity contribution < 1.29 is 9.59 Å². The second-order valence-corrected chi connectivity index (χ2v) is 7.56. The molecule has 1 aliphatic rings. The lowest BCUT2D eigenvalue weighted by molar-refractivity contribution is -0.113. The number of rotatable bonds is 6. The molecule has 0 aromatic heterocycles. The number of amides is 2. The van der Waals surface area contributed by atoms with Crippen molar-refractivity contribution in [2.24, 2.45) is 0 Å². The molecule has 2 aromatic rings. The normalized spacial score (nSPS) is 13.7. The van der Waals surface area contributed by atoms with Gasteiger partial charge < -0.3 is 10.2 Å². The number of nitrogens with one attached hydrogen (secondary N) is 1. The highest BCUT2D eigenvalue weighted by Gasteiger charge is 2.22. The summed E-state index contributed by atoms with van der Waals surface area (Å²) >= 11 is 1.57. The third-order valence-corrected chi connectivity index (χ3v) is 5.45. The lowest BCUT2D eigenvalue weighted by Gasteiger charge is -2.18. The zero-order valence-electron chi connectivity index (χ0n) is 15.0. The number of anilines is 1. The third kappa shape index (κ3) is 4.88. The van der Waals surface area contributed by atoms with Crippen molar-refractivity contribution in [3.63, 3.8) is 0 Å². The largest absolute Gasteiger partial charge is 0.339 e. The average molecular weight is 369 g/mol. The second-order valence-electron chi connectivity index (χ2n) is 6.57. The Morgan fingerprint density at radius 1 is 1.04 bits per heavy atom. The maximum atomic E-state index is 12.6. The number of nitrogens with zero attached hydrogens (tertiary/aromatic N) is 1. The third-order valence-electron chi connectivity index (χ3n) is 4.45. The van der Waals surface area contributed by atoms with E-state index in [-0.39, 0.29) is 11.8 Å². The summed E-state index contributed by atoms with van der Waals surface area (Å²) in [5, 5.41) is 2.90. The van der Waals surface area contributed by atoms with Crippen LogP contribution in [0.2, 0.25) is 0 Å². The highest BCUT2D eigenvalue weighted by atomic mass is 32.2. The Balaban J connectivity index is 1.55. The molecule has 3 rings (SSSR count). The van der Waals surface area contributed by atoms with E-state index in [1.165, 1.54) is 11.1 Å². The van der Waals surface area contributed by atoms with Crippen LogP contribution in [-0.4, -0.2) is 35.6 Å². The van der Waals surface area contributed by atoms with Crippen molar-refractivity contribution in [2.75, 3.05) is 24.2 Å². The Bertz CT molecular complexity index is 768. The predicted octanol–water partition coefficient (Wildman–Crippen LogP) is 4.10. The smallest absolute Gasteiger partial charge is 0.255 e. The number of benzene rings is 2. The number of hydrogen-bond acceptors (Lipinski definition) is 3. The Hall–Kier alpha value is -2.27. The molecule has 0 saturated carbocycles. The second kappa shape index (κ2) is 8.90. The zero-order valence-corrected chi connectivity index (χ0v) is 15.8. The van der Waals surface area contributed by atoms with Gasteiger partial charge in [-0.25, -0.2) is 0 Å². The van der Waals surface area contributed by atoms with Crippen LogP contribution >= 0.6 is 11.8 Å². The van der Waals surface area contributed by atoms with E-state index >= 15 is 0 Å². The summed E-state index contributed by atoms with van der Waals surface area (Å²) in [5.74, 6) is 1.08. The van der Waals surface area contributed by atoms with Crippen LogP contribution in [0.5, 0.6) is 0 Å². The molecule has 1 heterocycles. The van der Waals surface area contributed by atoms with Crippen LogP contribution in [-0.2, 0) is 10.5 Å². The van der Waals surface area contributed by atoms with Crippen molar-refractivity contribution in [2.45, 2.75) is 25.5 Å². The molecule has 1 saturated heterocycles. The Kier molecular flexibility index (Phi) is 6.34. The fourth-order valence-electron chi connectivity index (χ4n) is 3.00. The summed E-state index contributed by atoms with van der Waals surface area (Å²) < 4.78 is 0. The number of carbonyl (C=O) groups is 2. The summed E-state index contributed by atoms with van der Waals surface area (Å²) in [6, 6.07) is 15.6. The van der Waals surface area contributed by atoms with Gasteiger partial charge in [0.15, 0.2) is 0 Å². The number of likely N-dealkylation sites (tertiary alicyclic amines) is 1. The fraction of sp³-hybridized carbons (Fsp3) is 0.333. The van der Waals surface area contributed by atoms with E-state index in [4.69, 9.17) is 0 Å². The van der Waals surface area contributed by atoms with Gasteiger partial charge in [-0.3, -0.25) is 9.59 Å². The first-order valence-corrected chi connectivity index (χ1v) is 10.1. The van der Waals surface area contributed by atoms with Crippen LogP contribution in [0.3, 0.4) is 0 Å². The number of aryl methyl sites for hydroxylation is 1. The highest BCUT2D eigenvalue weighted by Crippen LogP contribution is 2.21. The molecule has 1 aliphatic heterocycles. The monoisotopic (exact) mass is 368 g/mol. The molecule has 0 bridgehead atoms. The molecular weight excluding hydrogens is 344 g/mol. The van der Waals surface area contributed by atoms with E-state index in [1.54, 1.807) is 23.9 Å². The van der Waals surface area contributed by atoms with Crippen molar-refractivity contribution in [3.8, 4) is 0 Å². The quantitative estimate of drug-likeness (QED) is 0.835. The lowest BCUT2D eigenvalue weighted by Crippen LogP contribution is -2.29. The zero-order chi connectivity index (χ0) is 18.4. The van der Waals surface area contributed by atoms with Gasteiger partial charge in [0.1, 0.15) is 0 Å². The van der Waals surface area contributed by atoms with Crippen molar-refractivity contribution in [3.05, 3.63) is 65.2 Å². The van der Waals surface area contributed by atoms with Crippen LogP contribution < -0.4 is 5.32 Å². The first-order valence-electron chi connectivity index (χ1n) is 8.95. The van der Waals surface area contributed by atoms with Gasteiger partial charge in [0, 0.05) is 18.8 Å². The van der Waals surface area contributed by atoms with E-state index in [1.807, 2.05) is 17.0 Å². The van der Waals surface area contributed by atoms with Crippen LogP contribution in [0.25, 0.3) is 0 Å². The molecule has 0 radical (unpaired) electrons. The summed E-state index contributed by atoms with van der Waals surface area (Å²) in [6.07, 6.45) is 2.10. The lowest BCUT2D eigenvalue weighted by atomic mass is 10.1. The van der Waals surface area contributed by atoms with Gasteiger partial charge in [0.25, 0.3) is 5.91 Å². The minimum Gasteiger partial charge on any atom is -0.339 e. The molecule has 0 spiro atoms. The van der Waals surface area contributed by atoms with Gasteiger partial charge in [0.2, 0.25) is 5.91 Å².